The average Bonchev–Trinajstić information content (AvgIpc) is 3.09. The molecule has 0 bridgehead atoms. The van der Waals surface area contributed by atoms with Gasteiger partial charge in [0.2, 0.25) is 5.91 Å². The Labute approximate surface area is 121 Å². The molecule has 2 aliphatic rings. The van der Waals surface area contributed by atoms with Gasteiger partial charge < -0.3 is 10.6 Å². The van der Waals surface area contributed by atoms with Crippen LogP contribution in [0.3, 0.4) is 0 Å². The first-order valence-electron chi connectivity index (χ1n) is 6.82. The Hall–Kier alpha value is 0.0700. The van der Waals surface area contributed by atoms with Crippen molar-refractivity contribution in [2.45, 2.75) is 45.1 Å². The molecule has 2 rings (SSSR count). The first kappa shape index (κ1) is 16.1. The second kappa shape index (κ2) is 7.61. The van der Waals surface area contributed by atoms with Crippen molar-refractivity contribution in [2.75, 3.05) is 24.6 Å². The van der Waals surface area contributed by atoms with E-state index in [0.29, 0.717) is 17.9 Å². The van der Waals surface area contributed by atoms with Gasteiger partial charge in [-0.3, -0.25) is 4.79 Å². The molecule has 1 amide bonds. The van der Waals surface area contributed by atoms with E-state index in [1.54, 1.807) is 0 Å². The van der Waals surface area contributed by atoms with Gasteiger partial charge in [-0.05, 0) is 24.7 Å². The van der Waals surface area contributed by atoms with Crippen LogP contribution in [-0.2, 0) is 4.79 Å². The minimum Gasteiger partial charge on any atom is -0.355 e. The van der Waals surface area contributed by atoms with Crippen molar-refractivity contribution >= 4 is 30.1 Å². The number of halogens is 1. The predicted molar refractivity (Wildman–Crippen MR) is 80.6 cm³/mol. The molecule has 3 nitrogen and oxygen atoms in total. The Kier molecular flexibility index (Phi) is 6.82. The van der Waals surface area contributed by atoms with Crippen molar-refractivity contribution in [3.8, 4) is 0 Å². The first-order chi connectivity index (χ1) is 8.24. The van der Waals surface area contributed by atoms with Crippen LogP contribution in [0.15, 0.2) is 0 Å². The minimum absolute atomic E-state index is 0. The number of hydrogen-bond donors (Lipinski definition) is 2. The molecule has 5 heteroatoms. The topological polar surface area (TPSA) is 41.1 Å². The van der Waals surface area contributed by atoms with Crippen LogP contribution in [0.25, 0.3) is 0 Å². The van der Waals surface area contributed by atoms with Crippen LogP contribution in [0, 0.1) is 5.41 Å². The van der Waals surface area contributed by atoms with Crippen LogP contribution in [0.4, 0.5) is 0 Å². The smallest absolute Gasteiger partial charge is 0.221 e. The quantitative estimate of drug-likeness (QED) is 0.789. The van der Waals surface area contributed by atoms with Gasteiger partial charge in [0.15, 0.2) is 0 Å². The molecule has 1 saturated heterocycles. The van der Waals surface area contributed by atoms with E-state index in [1.807, 2.05) is 11.8 Å². The number of rotatable bonds is 6. The maximum Gasteiger partial charge on any atom is 0.221 e. The summed E-state index contributed by atoms with van der Waals surface area (Å²) < 4.78 is 0. The normalized spacial score (nSPS) is 25.1. The summed E-state index contributed by atoms with van der Waals surface area (Å²) in [7, 11) is 0. The highest BCUT2D eigenvalue weighted by molar-refractivity contribution is 7.99. The van der Waals surface area contributed by atoms with Crippen LogP contribution < -0.4 is 10.6 Å². The standard InChI is InChI=1S/C13H24N2OS.ClH/c1-2-3-13(4-5-13)10-15-12(16)8-11-9-17-7-6-14-11;/h11,14H,2-10H2,1H3,(H,15,16);1H. The summed E-state index contributed by atoms with van der Waals surface area (Å²) in [6.07, 6.45) is 5.76. The molecule has 0 aromatic carbocycles. The Bertz CT molecular complexity index is 266. The molecule has 1 saturated carbocycles. The molecule has 1 atom stereocenters. The monoisotopic (exact) mass is 292 g/mol. The fraction of sp³-hybridized carbons (Fsp3) is 0.923. The van der Waals surface area contributed by atoms with Gasteiger partial charge in [-0.25, -0.2) is 0 Å². The molecule has 1 heterocycles. The average molecular weight is 293 g/mol. The Balaban J connectivity index is 0.00000162. The van der Waals surface area contributed by atoms with Crippen molar-refractivity contribution in [1.29, 1.82) is 0 Å². The van der Waals surface area contributed by atoms with Gasteiger partial charge in [0.05, 0.1) is 0 Å². The Morgan fingerprint density at radius 3 is 2.83 bits per heavy atom. The third-order valence-corrected chi connectivity index (χ3v) is 4.96. The van der Waals surface area contributed by atoms with Gasteiger partial charge in [0, 0.05) is 37.1 Å². The van der Waals surface area contributed by atoms with Crippen molar-refractivity contribution in [1.82, 2.24) is 10.6 Å². The number of carbonyl (C=O) groups is 1. The molecule has 2 N–H and O–H groups in total. The highest BCUT2D eigenvalue weighted by Gasteiger charge is 2.41. The minimum atomic E-state index is 0. The maximum atomic E-state index is 11.8. The lowest BCUT2D eigenvalue weighted by Crippen LogP contribution is -2.42. The van der Waals surface area contributed by atoms with Crippen LogP contribution in [0.5, 0.6) is 0 Å². The third-order valence-electron chi connectivity index (χ3n) is 3.83. The van der Waals surface area contributed by atoms with E-state index < -0.39 is 0 Å². The second-order valence-electron chi connectivity index (χ2n) is 5.46. The fourth-order valence-corrected chi connectivity index (χ4v) is 3.50. The van der Waals surface area contributed by atoms with Crippen molar-refractivity contribution in [3.05, 3.63) is 0 Å². The summed E-state index contributed by atoms with van der Waals surface area (Å²) in [5.41, 5.74) is 0.471. The van der Waals surface area contributed by atoms with Crippen LogP contribution >= 0.6 is 24.2 Å². The van der Waals surface area contributed by atoms with E-state index >= 15 is 0 Å². The van der Waals surface area contributed by atoms with E-state index in [0.717, 1.165) is 18.8 Å². The molecule has 18 heavy (non-hydrogen) atoms. The summed E-state index contributed by atoms with van der Waals surface area (Å²) in [4.78, 5) is 11.8. The lowest BCUT2D eigenvalue weighted by Gasteiger charge is -2.23. The summed E-state index contributed by atoms with van der Waals surface area (Å²) in [5, 5.41) is 6.54. The molecule has 106 valence electrons. The van der Waals surface area contributed by atoms with Gasteiger partial charge in [0.25, 0.3) is 0 Å². The molecule has 0 aromatic rings. The molecule has 2 fully saturated rings. The largest absolute Gasteiger partial charge is 0.355 e. The van der Waals surface area contributed by atoms with E-state index in [4.69, 9.17) is 0 Å². The maximum absolute atomic E-state index is 11.8. The second-order valence-corrected chi connectivity index (χ2v) is 6.61. The van der Waals surface area contributed by atoms with E-state index in [2.05, 4.69) is 17.6 Å². The molecular weight excluding hydrogens is 268 g/mol. The molecule has 0 aromatic heterocycles. The van der Waals surface area contributed by atoms with Crippen LogP contribution in [0.1, 0.15) is 39.0 Å². The summed E-state index contributed by atoms with van der Waals surface area (Å²) in [6.45, 7) is 4.17. The van der Waals surface area contributed by atoms with Crippen molar-refractivity contribution in [2.24, 2.45) is 5.41 Å². The van der Waals surface area contributed by atoms with Gasteiger partial charge in [-0.1, -0.05) is 13.3 Å². The van der Waals surface area contributed by atoms with Crippen LogP contribution in [0.2, 0.25) is 0 Å². The van der Waals surface area contributed by atoms with Crippen LogP contribution in [-0.4, -0.2) is 36.5 Å². The van der Waals surface area contributed by atoms with E-state index in [1.165, 1.54) is 31.4 Å². The Morgan fingerprint density at radius 2 is 2.28 bits per heavy atom. The lowest BCUT2D eigenvalue weighted by atomic mass is 10.0. The molecule has 1 unspecified atom stereocenters. The zero-order valence-electron chi connectivity index (χ0n) is 11.2. The highest BCUT2D eigenvalue weighted by atomic mass is 35.5. The van der Waals surface area contributed by atoms with Gasteiger partial charge >= 0.3 is 0 Å². The number of hydrogen-bond acceptors (Lipinski definition) is 3. The summed E-state index contributed by atoms with van der Waals surface area (Å²) in [6, 6.07) is 0.384. The number of carbonyl (C=O) groups excluding carboxylic acids is 1. The first-order valence-corrected chi connectivity index (χ1v) is 7.97. The summed E-state index contributed by atoms with van der Waals surface area (Å²) in [5.74, 6) is 2.48. The lowest BCUT2D eigenvalue weighted by molar-refractivity contribution is -0.121. The predicted octanol–water partition coefficient (Wildman–Crippen LogP) is 2.20. The Morgan fingerprint density at radius 1 is 1.50 bits per heavy atom. The third kappa shape index (κ3) is 4.98. The summed E-state index contributed by atoms with van der Waals surface area (Å²) >= 11 is 1.95. The molecular formula is C13H25ClN2OS. The zero-order valence-corrected chi connectivity index (χ0v) is 12.8. The van der Waals surface area contributed by atoms with E-state index in [9.17, 15) is 4.79 Å². The van der Waals surface area contributed by atoms with Gasteiger partial charge in [-0.15, -0.1) is 12.4 Å². The number of nitrogens with one attached hydrogen (secondary N) is 2. The van der Waals surface area contributed by atoms with Gasteiger partial charge in [0.1, 0.15) is 0 Å². The molecule has 0 radical (unpaired) electrons. The fourth-order valence-electron chi connectivity index (χ4n) is 2.56. The molecule has 1 aliphatic carbocycles. The van der Waals surface area contributed by atoms with Gasteiger partial charge in [-0.2, -0.15) is 11.8 Å². The van der Waals surface area contributed by atoms with Crippen molar-refractivity contribution in [3.63, 3.8) is 0 Å². The SMILES string of the molecule is CCCC1(CNC(=O)CC2CSCCN2)CC1.Cl. The molecule has 1 aliphatic heterocycles. The van der Waals surface area contributed by atoms with E-state index in [-0.39, 0.29) is 18.3 Å². The highest BCUT2D eigenvalue weighted by Crippen LogP contribution is 2.48. The van der Waals surface area contributed by atoms with Crippen molar-refractivity contribution < 1.29 is 4.79 Å². The molecule has 0 spiro atoms. The number of thioether (sulfide) groups is 1. The number of amides is 1. The zero-order chi connectivity index (χ0) is 12.1.